The number of rotatable bonds is 3. The average Bonchev–Trinajstić information content (AvgIpc) is 2.91. The van der Waals surface area contributed by atoms with E-state index in [0.717, 1.165) is 30.1 Å². The van der Waals surface area contributed by atoms with Crippen LogP contribution >= 0.6 is 0 Å². The molecule has 1 N–H and O–H groups in total. The number of carboxylic acid groups (broad SMARTS) is 1. The van der Waals surface area contributed by atoms with E-state index in [-0.39, 0.29) is 6.42 Å². The molecule has 140 valence electrons. The second-order valence-electron chi connectivity index (χ2n) is 10.1. The lowest BCUT2D eigenvalue weighted by atomic mass is 9.45. The molecule has 0 heterocycles. The third-order valence-corrected chi connectivity index (χ3v) is 9.18. The summed E-state index contributed by atoms with van der Waals surface area (Å²) in [6.07, 6.45) is 17.5. The minimum Gasteiger partial charge on any atom is -0.481 e. The summed E-state index contributed by atoms with van der Waals surface area (Å²) in [5.74, 6) is 3.09. The fourth-order valence-corrected chi connectivity index (χ4v) is 7.85. The summed E-state index contributed by atoms with van der Waals surface area (Å²) in [6, 6.07) is 0. The van der Waals surface area contributed by atoms with E-state index in [1.165, 1.54) is 64.2 Å². The Balaban J connectivity index is 1.54. The van der Waals surface area contributed by atoms with Crippen LogP contribution in [0.4, 0.5) is 0 Å². The lowest BCUT2D eigenvalue weighted by Gasteiger charge is -2.60. The topological polar surface area (TPSA) is 37.3 Å². The third kappa shape index (κ3) is 2.79. The van der Waals surface area contributed by atoms with Crippen LogP contribution < -0.4 is 0 Å². The standard InChI is InChI=1S/C23H36O2/c1-22-14-4-3-6-16(22)9-11-18-19-12-10-17(7-5-8-21(24)25)23(19,2)15-13-20(18)22/h7,16,18-20H,3-6,8-15H2,1-2H3,(H,24,25)/b17-7+. The van der Waals surface area contributed by atoms with Crippen LogP contribution in [0.25, 0.3) is 0 Å². The van der Waals surface area contributed by atoms with Crippen LogP contribution in [0.5, 0.6) is 0 Å². The molecule has 4 aliphatic carbocycles. The van der Waals surface area contributed by atoms with Crippen molar-refractivity contribution in [2.45, 2.75) is 90.9 Å². The van der Waals surface area contributed by atoms with E-state index in [2.05, 4.69) is 19.9 Å². The second kappa shape index (κ2) is 6.43. The Kier molecular flexibility index (Phi) is 4.53. The van der Waals surface area contributed by atoms with Crippen LogP contribution in [0.1, 0.15) is 90.9 Å². The smallest absolute Gasteiger partial charge is 0.303 e. The van der Waals surface area contributed by atoms with Crippen molar-refractivity contribution in [2.75, 3.05) is 0 Å². The molecule has 4 saturated carbocycles. The molecule has 0 amide bonds. The fourth-order valence-electron chi connectivity index (χ4n) is 7.85. The van der Waals surface area contributed by atoms with Gasteiger partial charge in [-0.1, -0.05) is 38.3 Å². The summed E-state index contributed by atoms with van der Waals surface area (Å²) in [7, 11) is 0. The van der Waals surface area contributed by atoms with E-state index in [0.29, 0.717) is 10.8 Å². The van der Waals surface area contributed by atoms with Gasteiger partial charge in [-0.05, 0) is 92.3 Å². The van der Waals surface area contributed by atoms with E-state index < -0.39 is 5.97 Å². The van der Waals surface area contributed by atoms with Gasteiger partial charge in [0.15, 0.2) is 0 Å². The van der Waals surface area contributed by atoms with Gasteiger partial charge in [0.25, 0.3) is 0 Å². The van der Waals surface area contributed by atoms with Gasteiger partial charge in [0.2, 0.25) is 0 Å². The van der Waals surface area contributed by atoms with Gasteiger partial charge in [-0.25, -0.2) is 0 Å². The zero-order valence-electron chi connectivity index (χ0n) is 16.2. The molecule has 0 aromatic rings. The van der Waals surface area contributed by atoms with Crippen molar-refractivity contribution in [3.63, 3.8) is 0 Å². The van der Waals surface area contributed by atoms with Crippen molar-refractivity contribution in [2.24, 2.45) is 34.5 Å². The zero-order valence-corrected chi connectivity index (χ0v) is 16.2. The molecule has 0 bridgehead atoms. The lowest BCUT2D eigenvalue weighted by Crippen LogP contribution is -2.52. The molecular formula is C23H36O2. The molecule has 0 aliphatic heterocycles. The number of fused-ring (bicyclic) bond motifs is 5. The van der Waals surface area contributed by atoms with Crippen LogP contribution in [0.3, 0.4) is 0 Å². The molecule has 4 rings (SSSR count). The van der Waals surface area contributed by atoms with Crippen LogP contribution in [0, 0.1) is 34.5 Å². The highest BCUT2D eigenvalue weighted by molar-refractivity contribution is 5.66. The minimum atomic E-state index is -0.663. The molecule has 0 aromatic heterocycles. The molecule has 2 heteroatoms. The first-order chi connectivity index (χ1) is 11.9. The number of allylic oxidation sites excluding steroid dienone is 2. The van der Waals surface area contributed by atoms with Gasteiger partial charge in [0.1, 0.15) is 0 Å². The van der Waals surface area contributed by atoms with Crippen molar-refractivity contribution >= 4 is 5.97 Å². The first kappa shape index (κ1) is 17.6. The van der Waals surface area contributed by atoms with Gasteiger partial charge in [-0.15, -0.1) is 0 Å². The molecule has 4 aliphatic rings. The normalized spacial score (nSPS) is 47.8. The van der Waals surface area contributed by atoms with E-state index in [9.17, 15) is 4.79 Å². The number of aliphatic carboxylic acids is 1. The highest BCUT2D eigenvalue weighted by Gasteiger charge is 2.58. The van der Waals surface area contributed by atoms with Crippen molar-refractivity contribution in [1.29, 1.82) is 0 Å². The molecule has 0 spiro atoms. The third-order valence-electron chi connectivity index (χ3n) is 9.18. The average molecular weight is 345 g/mol. The van der Waals surface area contributed by atoms with Gasteiger partial charge in [-0.3, -0.25) is 4.79 Å². The fraction of sp³-hybridized carbons (Fsp3) is 0.870. The maximum Gasteiger partial charge on any atom is 0.303 e. The minimum absolute atomic E-state index is 0.288. The van der Waals surface area contributed by atoms with Gasteiger partial charge >= 0.3 is 5.97 Å². The highest BCUT2D eigenvalue weighted by Crippen LogP contribution is 2.67. The maximum absolute atomic E-state index is 10.9. The van der Waals surface area contributed by atoms with Crippen molar-refractivity contribution in [3.8, 4) is 0 Å². The summed E-state index contributed by atoms with van der Waals surface area (Å²) >= 11 is 0. The Labute approximate surface area is 153 Å². The number of hydrogen-bond donors (Lipinski definition) is 1. The molecule has 0 radical (unpaired) electrons. The Morgan fingerprint density at radius 3 is 2.72 bits per heavy atom. The van der Waals surface area contributed by atoms with Crippen molar-refractivity contribution in [1.82, 2.24) is 0 Å². The summed E-state index contributed by atoms with van der Waals surface area (Å²) < 4.78 is 0. The Bertz CT molecular complexity index is 564. The first-order valence-corrected chi connectivity index (χ1v) is 10.9. The molecule has 0 aromatic carbocycles. The largest absolute Gasteiger partial charge is 0.481 e. The van der Waals surface area contributed by atoms with Crippen LogP contribution in [-0.4, -0.2) is 11.1 Å². The van der Waals surface area contributed by atoms with Crippen LogP contribution in [-0.2, 0) is 4.79 Å². The van der Waals surface area contributed by atoms with Crippen molar-refractivity contribution in [3.05, 3.63) is 11.6 Å². The van der Waals surface area contributed by atoms with E-state index >= 15 is 0 Å². The van der Waals surface area contributed by atoms with Crippen LogP contribution in [0.2, 0.25) is 0 Å². The number of carboxylic acids is 1. The second-order valence-corrected chi connectivity index (χ2v) is 10.1. The van der Waals surface area contributed by atoms with E-state index in [4.69, 9.17) is 5.11 Å². The summed E-state index contributed by atoms with van der Waals surface area (Å²) in [5, 5.41) is 8.95. The lowest BCUT2D eigenvalue weighted by molar-refractivity contribution is -0.136. The van der Waals surface area contributed by atoms with Gasteiger partial charge in [0, 0.05) is 6.42 Å². The number of carbonyl (C=O) groups is 1. The predicted molar refractivity (Wildman–Crippen MR) is 101 cm³/mol. The molecule has 25 heavy (non-hydrogen) atoms. The van der Waals surface area contributed by atoms with Crippen molar-refractivity contribution < 1.29 is 9.90 Å². The quantitative estimate of drug-likeness (QED) is 0.618. The maximum atomic E-state index is 10.9. The van der Waals surface area contributed by atoms with Gasteiger partial charge in [0.05, 0.1) is 0 Å². The number of hydrogen-bond acceptors (Lipinski definition) is 1. The van der Waals surface area contributed by atoms with E-state index in [1.54, 1.807) is 5.57 Å². The molecule has 2 nitrogen and oxygen atoms in total. The molecule has 4 fully saturated rings. The Morgan fingerprint density at radius 1 is 1.08 bits per heavy atom. The van der Waals surface area contributed by atoms with Gasteiger partial charge < -0.3 is 5.11 Å². The summed E-state index contributed by atoms with van der Waals surface area (Å²) in [5.41, 5.74) is 2.60. The SMILES string of the molecule is CC12CCC3C(CCC4CCCCC43C)C1CC/C2=C\CCC(=O)O. The summed E-state index contributed by atoms with van der Waals surface area (Å²) in [4.78, 5) is 10.9. The van der Waals surface area contributed by atoms with Gasteiger partial charge in [-0.2, -0.15) is 0 Å². The zero-order chi connectivity index (χ0) is 17.7. The van der Waals surface area contributed by atoms with Crippen LogP contribution in [0.15, 0.2) is 11.6 Å². The monoisotopic (exact) mass is 344 g/mol. The molecular weight excluding hydrogens is 308 g/mol. The predicted octanol–water partition coefficient (Wildman–Crippen LogP) is 6.21. The molecule has 6 unspecified atom stereocenters. The molecule has 6 atom stereocenters. The summed E-state index contributed by atoms with van der Waals surface area (Å²) in [6.45, 7) is 5.16. The molecule has 0 saturated heterocycles. The Hall–Kier alpha value is -0.790. The first-order valence-electron chi connectivity index (χ1n) is 10.9. The Morgan fingerprint density at radius 2 is 1.92 bits per heavy atom. The highest BCUT2D eigenvalue weighted by atomic mass is 16.4. The van der Waals surface area contributed by atoms with E-state index in [1.807, 2.05) is 0 Å².